The van der Waals surface area contributed by atoms with Crippen molar-refractivity contribution in [2.75, 3.05) is 38.1 Å². The van der Waals surface area contributed by atoms with E-state index in [-0.39, 0.29) is 58.2 Å². The molecule has 2 heterocycles. The Bertz CT molecular complexity index is 1200. The standard InChI is InChI=1S/C27H42N4O7S/c1-17-15-31(18(2)16-32)27(33)23-13-22(30-39(34,35)26-20(4)29-38-21(26)5)10-11-24(23)37-19(3)9-7-8-12-36-25(17)14-28-6/h10-11,13,17-19,25,28,30,32H,7-9,12,14-16H2,1-6H3/t17-,18+,19-,25-/m0/s1. The summed E-state index contributed by atoms with van der Waals surface area (Å²) in [6.07, 6.45) is 2.24. The molecule has 0 fully saturated rings. The summed E-state index contributed by atoms with van der Waals surface area (Å²) < 4.78 is 46.3. The number of rotatable bonds is 7. The molecule has 1 aliphatic heterocycles. The van der Waals surface area contributed by atoms with Crippen LogP contribution in [0.4, 0.5) is 5.69 Å². The Kier molecular flexibility index (Phi) is 10.8. The van der Waals surface area contributed by atoms with Gasteiger partial charge < -0.3 is 29.3 Å². The molecule has 218 valence electrons. The monoisotopic (exact) mass is 566 g/mol. The van der Waals surface area contributed by atoms with E-state index in [1.807, 2.05) is 20.9 Å². The Hall–Kier alpha value is -2.67. The van der Waals surface area contributed by atoms with Gasteiger partial charge in [0.05, 0.1) is 30.4 Å². The number of amides is 1. The van der Waals surface area contributed by atoms with Gasteiger partial charge in [0.25, 0.3) is 15.9 Å². The second-order valence-electron chi connectivity index (χ2n) is 10.3. The van der Waals surface area contributed by atoms with Crippen molar-refractivity contribution in [3.05, 3.63) is 35.2 Å². The maximum absolute atomic E-state index is 14.1. The molecule has 1 aromatic carbocycles. The fraction of sp³-hybridized carbons (Fsp3) is 0.630. The van der Waals surface area contributed by atoms with Gasteiger partial charge >= 0.3 is 0 Å². The topological polar surface area (TPSA) is 143 Å². The number of nitrogens with zero attached hydrogens (tertiary/aromatic N) is 2. The number of aromatic nitrogens is 1. The zero-order valence-corrected chi connectivity index (χ0v) is 24.5. The van der Waals surface area contributed by atoms with E-state index in [9.17, 15) is 18.3 Å². The van der Waals surface area contributed by atoms with Gasteiger partial charge in [-0.05, 0) is 72.2 Å². The van der Waals surface area contributed by atoms with Crippen molar-refractivity contribution in [1.82, 2.24) is 15.4 Å². The van der Waals surface area contributed by atoms with Gasteiger partial charge in [-0.25, -0.2) is 8.42 Å². The second kappa shape index (κ2) is 13.6. The molecule has 0 bridgehead atoms. The SMILES string of the molecule is CNC[C@@H]1OCCCC[C@H](C)Oc2ccc(NS(=O)(=O)c3c(C)noc3C)cc2C(=O)N([C@H](C)CO)C[C@@H]1C. The molecule has 3 rings (SSSR count). The number of nitrogens with one attached hydrogen (secondary N) is 2. The Balaban J connectivity index is 2.04. The molecule has 0 saturated heterocycles. The molecule has 0 spiro atoms. The van der Waals surface area contributed by atoms with E-state index < -0.39 is 16.1 Å². The largest absolute Gasteiger partial charge is 0.490 e. The first-order chi connectivity index (χ1) is 18.5. The predicted octanol–water partition coefficient (Wildman–Crippen LogP) is 3.11. The van der Waals surface area contributed by atoms with Crippen LogP contribution in [-0.4, -0.2) is 81.1 Å². The Labute approximate surface area is 231 Å². The van der Waals surface area contributed by atoms with Crippen LogP contribution < -0.4 is 14.8 Å². The van der Waals surface area contributed by atoms with Crippen LogP contribution in [-0.2, 0) is 14.8 Å². The molecule has 12 heteroatoms. The van der Waals surface area contributed by atoms with Crippen molar-refractivity contribution in [3.63, 3.8) is 0 Å². The molecule has 0 aliphatic carbocycles. The molecule has 0 unspecified atom stereocenters. The van der Waals surface area contributed by atoms with E-state index in [1.165, 1.54) is 13.0 Å². The number of benzene rings is 1. The summed E-state index contributed by atoms with van der Waals surface area (Å²) in [7, 11) is -2.17. The number of aryl methyl sites for hydroxylation is 2. The zero-order valence-electron chi connectivity index (χ0n) is 23.7. The van der Waals surface area contributed by atoms with Crippen LogP contribution in [0.2, 0.25) is 0 Å². The molecule has 3 N–H and O–H groups in total. The number of ether oxygens (including phenoxy) is 2. The summed E-state index contributed by atoms with van der Waals surface area (Å²) >= 11 is 0. The van der Waals surface area contributed by atoms with Gasteiger partial charge in [-0.1, -0.05) is 12.1 Å². The summed E-state index contributed by atoms with van der Waals surface area (Å²) in [5.74, 6) is 0.115. The van der Waals surface area contributed by atoms with Crippen molar-refractivity contribution in [1.29, 1.82) is 0 Å². The fourth-order valence-corrected chi connectivity index (χ4v) is 6.12. The summed E-state index contributed by atoms with van der Waals surface area (Å²) in [5.41, 5.74) is 0.638. The Morgan fingerprint density at radius 1 is 1.23 bits per heavy atom. The third kappa shape index (κ3) is 7.71. The third-order valence-electron chi connectivity index (χ3n) is 6.95. The summed E-state index contributed by atoms with van der Waals surface area (Å²) in [6.45, 7) is 10.1. The van der Waals surface area contributed by atoms with Crippen molar-refractivity contribution >= 4 is 21.6 Å². The molecule has 11 nitrogen and oxygen atoms in total. The van der Waals surface area contributed by atoms with Crippen LogP contribution in [0.25, 0.3) is 0 Å². The molecular formula is C27H42N4O7S. The van der Waals surface area contributed by atoms with Gasteiger partial charge in [0.15, 0.2) is 10.7 Å². The van der Waals surface area contributed by atoms with Crippen molar-refractivity contribution < 1.29 is 32.3 Å². The van der Waals surface area contributed by atoms with Gasteiger partial charge in [-0.3, -0.25) is 9.52 Å². The lowest BCUT2D eigenvalue weighted by atomic mass is 10.0. The minimum atomic E-state index is -4.03. The maximum atomic E-state index is 14.1. The highest BCUT2D eigenvalue weighted by molar-refractivity contribution is 7.92. The van der Waals surface area contributed by atoms with Crippen LogP contribution >= 0.6 is 0 Å². The maximum Gasteiger partial charge on any atom is 0.267 e. The number of aliphatic hydroxyl groups is 1. The number of likely N-dealkylation sites (N-methyl/N-ethyl adjacent to an activating group) is 1. The lowest BCUT2D eigenvalue weighted by Crippen LogP contribution is -2.47. The third-order valence-corrected chi connectivity index (χ3v) is 8.57. The highest BCUT2D eigenvalue weighted by Gasteiger charge is 2.30. The minimum absolute atomic E-state index is 0.0390. The van der Waals surface area contributed by atoms with Crippen LogP contribution in [0.5, 0.6) is 5.75 Å². The van der Waals surface area contributed by atoms with Gasteiger partial charge in [-0.15, -0.1) is 0 Å². The van der Waals surface area contributed by atoms with Crippen molar-refractivity contribution in [2.45, 2.75) is 77.0 Å². The number of hydrogen-bond acceptors (Lipinski definition) is 9. The van der Waals surface area contributed by atoms with Gasteiger partial charge in [0.1, 0.15) is 11.4 Å². The van der Waals surface area contributed by atoms with Gasteiger partial charge in [-0.2, -0.15) is 0 Å². The fourth-order valence-electron chi connectivity index (χ4n) is 4.74. The first kappa shape index (κ1) is 30.9. The number of sulfonamides is 1. The summed E-state index contributed by atoms with van der Waals surface area (Å²) in [5, 5.41) is 16.9. The molecule has 2 aromatic rings. The van der Waals surface area contributed by atoms with E-state index in [0.29, 0.717) is 25.4 Å². The number of anilines is 1. The first-order valence-electron chi connectivity index (χ1n) is 13.4. The number of hydrogen-bond donors (Lipinski definition) is 3. The highest BCUT2D eigenvalue weighted by atomic mass is 32.2. The number of carbonyl (C=O) groups is 1. The molecule has 0 radical (unpaired) electrons. The molecule has 1 aromatic heterocycles. The van der Waals surface area contributed by atoms with E-state index in [4.69, 9.17) is 14.0 Å². The Morgan fingerprint density at radius 3 is 2.62 bits per heavy atom. The quantitative estimate of drug-likeness (QED) is 0.461. The average molecular weight is 567 g/mol. The molecule has 1 aliphatic rings. The van der Waals surface area contributed by atoms with Crippen molar-refractivity contribution in [3.8, 4) is 5.75 Å². The van der Waals surface area contributed by atoms with Gasteiger partial charge in [0.2, 0.25) is 0 Å². The normalized spacial score (nSPS) is 22.5. The van der Waals surface area contributed by atoms with Crippen LogP contribution in [0, 0.1) is 19.8 Å². The van der Waals surface area contributed by atoms with E-state index in [1.54, 1.807) is 30.9 Å². The highest BCUT2D eigenvalue weighted by Crippen LogP contribution is 2.30. The van der Waals surface area contributed by atoms with E-state index in [0.717, 1.165) is 19.3 Å². The van der Waals surface area contributed by atoms with Crippen LogP contribution in [0.1, 0.15) is 61.8 Å². The summed E-state index contributed by atoms with van der Waals surface area (Å²) in [6, 6.07) is 4.17. The van der Waals surface area contributed by atoms with Crippen LogP contribution in [0.15, 0.2) is 27.6 Å². The predicted molar refractivity (Wildman–Crippen MR) is 148 cm³/mol. The Morgan fingerprint density at radius 2 is 1.97 bits per heavy atom. The molecule has 0 saturated carbocycles. The van der Waals surface area contributed by atoms with E-state index >= 15 is 0 Å². The van der Waals surface area contributed by atoms with Gasteiger partial charge in [0, 0.05) is 31.3 Å². The lowest BCUT2D eigenvalue weighted by Gasteiger charge is -2.34. The first-order valence-corrected chi connectivity index (χ1v) is 14.9. The minimum Gasteiger partial charge on any atom is -0.490 e. The number of carbonyl (C=O) groups excluding carboxylic acids is 1. The van der Waals surface area contributed by atoms with Crippen molar-refractivity contribution in [2.24, 2.45) is 5.92 Å². The smallest absolute Gasteiger partial charge is 0.267 e. The summed E-state index contributed by atoms with van der Waals surface area (Å²) in [4.78, 5) is 15.6. The lowest BCUT2D eigenvalue weighted by molar-refractivity contribution is -0.000450. The molecular weight excluding hydrogens is 524 g/mol. The van der Waals surface area contributed by atoms with Crippen LogP contribution in [0.3, 0.4) is 0 Å². The second-order valence-corrected chi connectivity index (χ2v) is 11.9. The average Bonchev–Trinajstić information content (AvgIpc) is 3.24. The number of fused-ring (bicyclic) bond motifs is 1. The molecule has 39 heavy (non-hydrogen) atoms. The van der Waals surface area contributed by atoms with E-state index in [2.05, 4.69) is 15.2 Å². The zero-order chi connectivity index (χ0) is 28.7. The molecule has 1 amide bonds. The number of aliphatic hydroxyl groups excluding tert-OH is 1. The molecule has 4 atom stereocenters.